The summed E-state index contributed by atoms with van der Waals surface area (Å²) in [4.78, 5) is 31.6. The van der Waals surface area contributed by atoms with Gasteiger partial charge < -0.3 is 25.0 Å². The van der Waals surface area contributed by atoms with Crippen molar-refractivity contribution in [2.24, 2.45) is 0 Å². The number of hydrogen-bond donors (Lipinski definition) is 3. The molecule has 47 heavy (non-hydrogen) atoms. The molecule has 0 radical (unpaired) electrons. The highest BCUT2D eigenvalue weighted by atomic mass is 32.2. The second-order valence-corrected chi connectivity index (χ2v) is 12.6. The number of aliphatic hydroxyl groups is 1. The summed E-state index contributed by atoms with van der Waals surface area (Å²) >= 11 is 1.56. The molecule has 1 amide bonds. The normalized spacial score (nSPS) is 17.7. The van der Waals surface area contributed by atoms with Gasteiger partial charge in [-0.2, -0.15) is 0 Å². The largest absolute Gasteiger partial charge is 0.481 e. The van der Waals surface area contributed by atoms with Crippen LogP contribution in [0.4, 0.5) is 0 Å². The standard InChI is InChI=1S/C37H41N3O6S/c41-24-26-11-13-29(14-12-26)33-22-32(25-47-37-38-19-6-20-39-37)45-36(46-33)30-17-15-28(16-18-30)31-8-5-7-27(21-31)23-40-34(42)9-3-1-2-4-10-35(43)44/h5-8,11-21,32-33,36,41H,1-4,9-10,22-25H2,(H,40,42)(H,43,44)/t32-,33+,36+/m1/s1. The zero-order valence-corrected chi connectivity index (χ0v) is 27.1. The van der Waals surface area contributed by atoms with Crippen molar-refractivity contribution in [3.05, 3.63) is 114 Å². The predicted octanol–water partition coefficient (Wildman–Crippen LogP) is 7.02. The molecule has 0 saturated carbocycles. The number of aliphatic carboxylic acids is 1. The van der Waals surface area contributed by atoms with Crippen LogP contribution in [0.25, 0.3) is 11.1 Å². The van der Waals surface area contributed by atoms with Gasteiger partial charge in [0, 0.05) is 49.5 Å². The van der Waals surface area contributed by atoms with Gasteiger partial charge in [0.05, 0.1) is 18.8 Å². The lowest BCUT2D eigenvalue weighted by molar-refractivity contribution is -0.245. The number of hydrogen-bond acceptors (Lipinski definition) is 8. The first-order chi connectivity index (χ1) is 23.0. The van der Waals surface area contributed by atoms with E-state index in [2.05, 4.69) is 39.6 Å². The Morgan fingerprint density at radius 2 is 1.53 bits per heavy atom. The fourth-order valence-electron chi connectivity index (χ4n) is 5.45. The fraction of sp³-hybridized carbons (Fsp3) is 0.351. The van der Waals surface area contributed by atoms with Gasteiger partial charge in [0.1, 0.15) is 0 Å². The summed E-state index contributed by atoms with van der Waals surface area (Å²) in [5.74, 6) is -0.0902. The van der Waals surface area contributed by atoms with Crippen molar-refractivity contribution in [1.29, 1.82) is 0 Å². The van der Waals surface area contributed by atoms with Crippen molar-refractivity contribution >= 4 is 23.6 Å². The Labute approximate surface area is 279 Å². The number of carboxylic acid groups (broad SMARTS) is 1. The number of benzene rings is 3. The van der Waals surface area contributed by atoms with Gasteiger partial charge in [0.15, 0.2) is 11.4 Å². The number of aromatic nitrogens is 2. The fourth-order valence-corrected chi connectivity index (χ4v) is 6.27. The lowest BCUT2D eigenvalue weighted by Gasteiger charge is -2.36. The maximum Gasteiger partial charge on any atom is 0.303 e. The van der Waals surface area contributed by atoms with Gasteiger partial charge in [-0.3, -0.25) is 9.59 Å². The van der Waals surface area contributed by atoms with Crippen LogP contribution in [0, 0.1) is 0 Å². The topological polar surface area (TPSA) is 131 Å². The van der Waals surface area contributed by atoms with Crippen LogP contribution in [0.2, 0.25) is 0 Å². The van der Waals surface area contributed by atoms with E-state index >= 15 is 0 Å². The molecule has 0 unspecified atom stereocenters. The number of amides is 1. The van der Waals surface area contributed by atoms with Gasteiger partial charge in [-0.05, 0) is 52.8 Å². The molecule has 9 nitrogen and oxygen atoms in total. The van der Waals surface area contributed by atoms with E-state index in [1.165, 1.54) is 0 Å². The van der Waals surface area contributed by atoms with E-state index in [1.807, 2.05) is 48.5 Å². The molecule has 1 saturated heterocycles. The molecular formula is C37H41N3O6S. The van der Waals surface area contributed by atoms with Crippen LogP contribution in [0.3, 0.4) is 0 Å². The third-order valence-corrected chi connectivity index (χ3v) is 9.04. The van der Waals surface area contributed by atoms with E-state index in [9.17, 15) is 14.7 Å². The maximum absolute atomic E-state index is 12.3. The van der Waals surface area contributed by atoms with Crippen molar-refractivity contribution < 1.29 is 29.3 Å². The summed E-state index contributed by atoms with van der Waals surface area (Å²) in [7, 11) is 0. The summed E-state index contributed by atoms with van der Waals surface area (Å²) in [6, 6.07) is 26.0. The van der Waals surface area contributed by atoms with Crippen LogP contribution in [-0.4, -0.2) is 43.9 Å². The number of carbonyl (C=O) groups excluding carboxylic acids is 1. The average Bonchev–Trinajstić information content (AvgIpc) is 3.11. The van der Waals surface area contributed by atoms with E-state index in [0.29, 0.717) is 36.7 Å². The van der Waals surface area contributed by atoms with Crippen molar-refractivity contribution in [2.75, 3.05) is 5.75 Å². The van der Waals surface area contributed by atoms with Crippen LogP contribution < -0.4 is 5.32 Å². The monoisotopic (exact) mass is 655 g/mol. The van der Waals surface area contributed by atoms with Crippen molar-refractivity contribution in [3.8, 4) is 11.1 Å². The van der Waals surface area contributed by atoms with Gasteiger partial charge in [-0.25, -0.2) is 9.97 Å². The molecule has 1 aliphatic heterocycles. The number of rotatable bonds is 16. The number of carbonyl (C=O) groups is 2. The van der Waals surface area contributed by atoms with E-state index in [-0.39, 0.29) is 31.1 Å². The quantitative estimate of drug-likeness (QED) is 0.0662. The van der Waals surface area contributed by atoms with Gasteiger partial charge in [-0.15, -0.1) is 0 Å². The van der Waals surface area contributed by atoms with E-state index in [0.717, 1.165) is 52.6 Å². The Kier molecular flexibility index (Phi) is 12.9. The molecule has 0 aliphatic carbocycles. The Morgan fingerprint density at radius 3 is 2.26 bits per heavy atom. The third-order valence-electron chi connectivity index (χ3n) is 8.03. The molecule has 5 rings (SSSR count). The lowest BCUT2D eigenvalue weighted by Crippen LogP contribution is -2.31. The minimum absolute atomic E-state index is 0.00103. The Hall–Kier alpha value is -4.09. The number of aliphatic hydroxyl groups excluding tert-OH is 1. The zero-order valence-electron chi connectivity index (χ0n) is 26.3. The van der Waals surface area contributed by atoms with Crippen molar-refractivity contribution in [3.63, 3.8) is 0 Å². The first-order valence-electron chi connectivity index (χ1n) is 16.0. The van der Waals surface area contributed by atoms with Crippen LogP contribution in [0.15, 0.2) is 96.4 Å². The van der Waals surface area contributed by atoms with Crippen LogP contribution in [0.1, 0.15) is 79.6 Å². The molecule has 1 fully saturated rings. The summed E-state index contributed by atoms with van der Waals surface area (Å²) in [6.45, 7) is 0.443. The van der Waals surface area contributed by atoms with Crippen molar-refractivity contribution in [1.82, 2.24) is 15.3 Å². The third kappa shape index (κ3) is 10.7. The molecule has 4 aromatic rings. The molecule has 246 valence electrons. The minimum Gasteiger partial charge on any atom is -0.481 e. The predicted molar refractivity (Wildman–Crippen MR) is 180 cm³/mol. The Balaban J connectivity index is 1.19. The maximum atomic E-state index is 12.3. The number of carboxylic acids is 1. The van der Waals surface area contributed by atoms with Crippen molar-refractivity contribution in [2.45, 2.75) is 81.8 Å². The summed E-state index contributed by atoms with van der Waals surface area (Å²) in [5, 5.41) is 21.9. The Bertz CT molecular complexity index is 1570. The highest BCUT2D eigenvalue weighted by Crippen LogP contribution is 2.39. The summed E-state index contributed by atoms with van der Waals surface area (Å²) in [5.41, 5.74) is 5.92. The van der Waals surface area contributed by atoms with E-state index < -0.39 is 12.3 Å². The Morgan fingerprint density at radius 1 is 0.809 bits per heavy atom. The first kappa shape index (κ1) is 34.3. The van der Waals surface area contributed by atoms with Gasteiger partial charge >= 0.3 is 5.97 Å². The van der Waals surface area contributed by atoms with E-state index in [4.69, 9.17) is 14.6 Å². The molecule has 3 aromatic carbocycles. The SMILES string of the molecule is O=C(O)CCCCCCC(=O)NCc1cccc(-c2ccc([C@H]3O[C@@H](CSc4ncccn4)C[C@@H](c4ccc(CO)cc4)O3)cc2)c1. The number of unbranched alkanes of at least 4 members (excludes halogenated alkanes) is 3. The molecule has 10 heteroatoms. The van der Waals surface area contributed by atoms with Gasteiger partial charge in [-0.1, -0.05) is 91.3 Å². The highest BCUT2D eigenvalue weighted by molar-refractivity contribution is 7.99. The number of thioether (sulfide) groups is 1. The minimum atomic E-state index is -0.775. The smallest absolute Gasteiger partial charge is 0.303 e. The lowest BCUT2D eigenvalue weighted by atomic mass is 9.99. The molecular weight excluding hydrogens is 614 g/mol. The summed E-state index contributed by atoms with van der Waals surface area (Å²) < 4.78 is 13.0. The number of nitrogens with one attached hydrogen (secondary N) is 1. The zero-order chi connectivity index (χ0) is 32.8. The van der Waals surface area contributed by atoms with Gasteiger partial charge in [0.2, 0.25) is 5.91 Å². The number of nitrogens with zero attached hydrogens (tertiary/aromatic N) is 2. The molecule has 1 aliphatic rings. The van der Waals surface area contributed by atoms with Crippen LogP contribution in [-0.2, 0) is 32.2 Å². The van der Waals surface area contributed by atoms with Crippen LogP contribution in [0.5, 0.6) is 0 Å². The van der Waals surface area contributed by atoms with E-state index in [1.54, 1.807) is 30.2 Å². The molecule has 3 atom stereocenters. The molecule has 3 N–H and O–H groups in total. The van der Waals surface area contributed by atoms with Gasteiger partial charge in [0.25, 0.3) is 0 Å². The second-order valence-electron chi connectivity index (χ2n) is 11.6. The first-order valence-corrected chi connectivity index (χ1v) is 17.0. The summed E-state index contributed by atoms with van der Waals surface area (Å²) in [6.07, 6.45) is 7.03. The molecule has 2 heterocycles. The second kappa shape index (κ2) is 17.7. The number of ether oxygens (including phenoxy) is 2. The molecule has 0 spiro atoms. The highest BCUT2D eigenvalue weighted by Gasteiger charge is 2.32. The molecule has 1 aromatic heterocycles. The molecule has 0 bridgehead atoms. The van der Waals surface area contributed by atoms with Crippen LogP contribution >= 0.6 is 11.8 Å². The average molecular weight is 656 g/mol.